The predicted octanol–water partition coefficient (Wildman–Crippen LogP) is 3.37. The maximum absolute atomic E-state index is 14.9. The number of carboxylic acid groups (broad SMARTS) is 1. The summed E-state index contributed by atoms with van der Waals surface area (Å²) in [5.41, 5.74) is 2.07. The van der Waals surface area contributed by atoms with Crippen LogP contribution in [0, 0.1) is 11.8 Å². The van der Waals surface area contributed by atoms with Gasteiger partial charge in [0, 0.05) is 34.2 Å². The second-order valence-electron chi connectivity index (χ2n) is 7.71. The number of ketones is 1. The Labute approximate surface area is 171 Å². The molecule has 2 aliphatic heterocycles. The third kappa shape index (κ3) is 3.00. The van der Waals surface area contributed by atoms with Crippen molar-refractivity contribution in [3.8, 4) is 0 Å². The minimum Gasteiger partial charge on any atom is -0.478 e. The number of carbonyl (C=O) groups is 2. The highest BCUT2D eigenvalue weighted by atomic mass is 35.5. The molecular formula is C21H17ClFN3O3. The Kier molecular flexibility index (Phi) is 4.17. The van der Waals surface area contributed by atoms with Gasteiger partial charge in [-0.3, -0.25) is 4.79 Å². The summed E-state index contributed by atoms with van der Waals surface area (Å²) in [6, 6.07) is 7.17. The van der Waals surface area contributed by atoms with Crippen molar-refractivity contribution >= 4 is 34.9 Å². The highest BCUT2D eigenvalue weighted by Gasteiger charge is 2.47. The van der Waals surface area contributed by atoms with E-state index in [1.807, 2.05) is 6.07 Å². The maximum Gasteiger partial charge on any atom is 0.339 e. The van der Waals surface area contributed by atoms with E-state index in [0.29, 0.717) is 16.4 Å². The van der Waals surface area contributed by atoms with E-state index in [9.17, 15) is 19.1 Å². The third-order valence-corrected chi connectivity index (χ3v) is 6.05. The first kappa shape index (κ1) is 18.2. The highest BCUT2D eigenvalue weighted by molar-refractivity contribution is 6.31. The topological polar surface area (TPSA) is 82.3 Å². The van der Waals surface area contributed by atoms with Crippen molar-refractivity contribution in [3.63, 3.8) is 0 Å². The minimum absolute atomic E-state index is 0.167. The second kappa shape index (κ2) is 6.62. The maximum atomic E-state index is 14.9. The van der Waals surface area contributed by atoms with Crippen LogP contribution >= 0.6 is 11.6 Å². The van der Waals surface area contributed by atoms with E-state index in [2.05, 4.69) is 10.2 Å². The Morgan fingerprint density at radius 3 is 2.76 bits per heavy atom. The van der Waals surface area contributed by atoms with E-state index in [-0.39, 0.29) is 41.8 Å². The van der Waals surface area contributed by atoms with Crippen LogP contribution in [-0.2, 0) is 9.59 Å². The van der Waals surface area contributed by atoms with Crippen LogP contribution in [0.4, 0.5) is 4.39 Å². The van der Waals surface area contributed by atoms with E-state index in [1.165, 1.54) is 0 Å². The highest BCUT2D eigenvalue weighted by Crippen LogP contribution is 2.48. The third-order valence-electron chi connectivity index (χ3n) is 5.82. The molecule has 1 saturated carbocycles. The molecule has 2 unspecified atom stereocenters. The van der Waals surface area contributed by atoms with Gasteiger partial charge in [-0.1, -0.05) is 29.8 Å². The number of carbonyl (C=O) groups excluding carboxylic acids is 1. The molecule has 1 aromatic rings. The molecule has 6 nitrogen and oxygen atoms in total. The zero-order valence-corrected chi connectivity index (χ0v) is 16.1. The van der Waals surface area contributed by atoms with Gasteiger partial charge < -0.3 is 10.0 Å². The van der Waals surface area contributed by atoms with Gasteiger partial charge in [0.25, 0.3) is 0 Å². The molecule has 29 heavy (non-hydrogen) atoms. The molecular weight excluding hydrogens is 397 g/mol. The van der Waals surface area contributed by atoms with Crippen molar-refractivity contribution in [1.29, 1.82) is 0 Å². The number of rotatable bonds is 3. The Balaban J connectivity index is 1.59. The molecule has 0 aromatic heterocycles. The fourth-order valence-corrected chi connectivity index (χ4v) is 4.48. The molecule has 0 radical (unpaired) electrons. The average Bonchev–Trinajstić information content (AvgIpc) is 3.53. The second-order valence-corrected chi connectivity index (χ2v) is 8.15. The lowest BCUT2D eigenvalue weighted by Crippen LogP contribution is -2.49. The summed E-state index contributed by atoms with van der Waals surface area (Å²) in [6.45, 7) is 0.255. The van der Waals surface area contributed by atoms with Crippen LogP contribution in [-0.4, -0.2) is 46.0 Å². The number of hydrogen-bond acceptors (Lipinski definition) is 5. The lowest BCUT2D eigenvalue weighted by Gasteiger charge is -2.41. The van der Waals surface area contributed by atoms with E-state index in [4.69, 9.17) is 11.6 Å². The summed E-state index contributed by atoms with van der Waals surface area (Å²) in [5, 5.41) is 18.4. The van der Waals surface area contributed by atoms with Crippen LogP contribution in [0.1, 0.15) is 24.8 Å². The van der Waals surface area contributed by atoms with E-state index in [0.717, 1.165) is 18.4 Å². The standard InChI is InChI=1S/C21H17ClFN3O3/c22-12-3-1-2-11(6-12)17-9-26-18-13(10-4-5-10)7-15(21(28)29)19(27)14(18)8-16(23)20(26)25-24-17/h1-3,6-7,10,13,16H,4-5,8-9H2,(H,28,29). The van der Waals surface area contributed by atoms with Crippen LogP contribution in [0.25, 0.3) is 0 Å². The molecule has 148 valence electrons. The van der Waals surface area contributed by atoms with Crippen LogP contribution < -0.4 is 0 Å². The zero-order valence-electron chi connectivity index (χ0n) is 15.3. The van der Waals surface area contributed by atoms with Crippen LogP contribution in [0.2, 0.25) is 5.02 Å². The molecule has 5 rings (SSSR count). The largest absolute Gasteiger partial charge is 0.478 e. The van der Waals surface area contributed by atoms with Crippen molar-refractivity contribution in [1.82, 2.24) is 4.90 Å². The first-order chi connectivity index (χ1) is 13.9. The number of carboxylic acids is 1. The van der Waals surface area contributed by atoms with Gasteiger partial charge in [0.15, 0.2) is 17.8 Å². The van der Waals surface area contributed by atoms with Gasteiger partial charge in [0.05, 0.1) is 12.3 Å². The Bertz CT molecular complexity index is 1070. The molecule has 4 aliphatic rings. The van der Waals surface area contributed by atoms with Crippen molar-refractivity contribution in [3.05, 3.63) is 57.8 Å². The number of fused-ring (bicyclic) bond motifs is 2. The zero-order chi connectivity index (χ0) is 20.3. The molecule has 2 heterocycles. The van der Waals surface area contributed by atoms with Crippen molar-refractivity contribution in [2.24, 2.45) is 22.0 Å². The monoisotopic (exact) mass is 413 g/mol. The Hall–Kier alpha value is -2.80. The summed E-state index contributed by atoms with van der Waals surface area (Å²) in [7, 11) is 0. The number of alkyl halides is 1. The predicted molar refractivity (Wildman–Crippen MR) is 106 cm³/mol. The molecule has 1 fully saturated rings. The normalized spacial score (nSPS) is 26.3. The van der Waals surface area contributed by atoms with E-state index >= 15 is 0 Å². The fraction of sp³-hybridized carbons (Fsp3) is 0.333. The molecule has 1 N–H and O–H groups in total. The number of halogens is 2. The van der Waals surface area contributed by atoms with Crippen LogP contribution in [0.5, 0.6) is 0 Å². The van der Waals surface area contributed by atoms with Crippen molar-refractivity contribution < 1.29 is 19.1 Å². The van der Waals surface area contributed by atoms with Gasteiger partial charge in [-0.05, 0) is 30.9 Å². The van der Waals surface area contributed by atoms with Crippen molar-refractivity contribution in [2.75, 3.05) is 6.54 Å². The molecule has 0 bridgehead atoms. The van der Waals surface area contributed by atoms with Gasteiger partial charge in [0.2, 0.25) is 0 Å². The average molecular weight is 414 g/mol. The smallest absolute Gasteiger partial charge is 0.339 e. The fourth-order valence-electron chi connectivity index (χ4n) is 4.29. The van der Waals surface area contributed by atoms with Gasteiger partial charge in [-0.15, -0.1) is 5.10 Å². The lowest BCUT2D eigenvalue weighted by atomic mass is 9.79. The molecule has 8 heteroatoms. The van der Waals surface area contributed by atoms with Crippen LogP contribution in [0.15, 0.2) is 57.4 Å². The summed E-state index contributed by atoms with van der Waals surface area (Å²) in [4.78, 5) is 26.1. The molecule has 0 saturated heterocycles. The molecule has 2 atom stereocenters. The Morgan fingerprint density at radius 2 is 2.07 bits per heavy atom. The Morgan fingerprint density at radius 1 is 1.28 bits per heavy atom. The number of nitrogens with zero attached hydrogens (tertiary/aromatic N) is 3. The summed E-state index contributed by atoms with van der Waals surface area (Å²) < 4.78 is 14.9. The van der Waals surface area contributed by atoms with Gasteiger partial charge in [-0.25, -0.2) is 9.18 Å². The molecule has 0 amide bonds. The SMILES string of the molecule is O=C(O)C1=CC(C2CC2)C2=C(CC(F)C3=NN=C(c4cccc(Cl)c4)CN32)C1=O. The number of aliphatic carboxylic acids is 1. The van der Waals surface area contributed by atoms with Crippen LogP contribution in [0.3, 0.4) is 0 Å². The lowest BCUT2D eigenvalue weighted by molar-refractivity contribution is -0.134. The molecule has 0 spiro atoms. The number of benzene rings is 1. The van der Waals surface area contributed by atoms with E-state index < -0.39 is 17.9 Å². The van der Waals surface area contributed by atoms with Crippen molar-refractivity contribution in [2.45, 2.75) is 25.4 Å². The summed E-state index contributed by atoms with van der Waals surface area (Å²) in [5.74, 6) is -1.65. The first-order valence-corrected chi connectivity index (χ1v) is 9.86. The van der Waals surface area contributed by atoms with Gasteiger partial charge >= 0.3 is 5.97 Å². The van der Waals surface area contributed by atoms with Gasteiger partial charge in [0.1, 0.15) is 5.57 Å². The number of hydrogen-bond donors (Lipinski definition) is 1. The quantitative estimate of drug-likeness (QED) is 0.770. The summed E-state index contributed by atoms with van der Waals surface area (Å²) in [6.07, 6.45) is 1.78. The first-order valence-electron chi connectivity index (χ1n) is 9.49. The van der Waals surface area contributed by atoms with E-state index in [1.54, 1.807) is 29.2 Å². The summed E-state index contributed by atoms with van der Waals surface area (Å²) >= 11 is 6.09. The minimum atomic E-state index is -1.50. The number of Topliss-reactive ketones (excluding diaryl/α,β-unsaturated/α-hetero) is 1. The molecule has 1 aromatic carbocycles. The van der Waals surface area contributed by atoms with Gasteiger partial charge in [-0.2, -0.15) is 5.10 Å². The number of allylic oxidation sites excluding steroid dienone is 2. The molecule has 2 aliphatic carbocycles. The number of amidine groups is 1.